The van der Waals surface area contributed by atoms with Crippen LogP contribution in [-0.4, -0.2) is 18.2 Å². The topological polar surface area (TPSA) is 46.5 Å². The van der Waals surface area contributed by atoms with Gasteiger partial charge in [0.2, 0.25) is 0 Å². The summed E-state index contributed by atoms with van der Waals surface area (Å²) in [5, 5.41) is 8.47. The summed E-state index contributed by atoms with van der Waals surface area (Å²) in [5.74, 6) is -6.24. The van der Waals surface area contributed by atoms with E-state index in [1.165, 1.54) is 13.2 Å². The average Bonchev–Trinajstić information content (AvgIpc) is 2.20. The third-order valence-corrected chi connectivity index (χ3v) is 2.42. The van der Waals surface area contributed by atoms with Crippen molar-refractivity contribution in [3.8, 4) is 5.75 Å². The van der Waals surface area contributed by atoms with Crippen LogP contribution >= 0.6 is 0 Å². The van der Waals surface area contributed by atoms with E-state index in [1.54, 1.807) is 13.8 Å². The molecule has 0 heterocycles. The van der Waals surface area contributed by atoms with Gasteiger partial charge in [-0.15, -0.1) is 0 Å². The quantitative estimate of drug-likeness (QED) is 0.867. The normalized spacial score (nSPS) is 11.3. The molecule has 5 heteroatoms. The SMILES string of the molecule is COc1cc(C)c(C)cc1C(F)(F)C(=O)O. The fraction of sp³-hybridized carbons (Fsp3) is 0.364. The number of ether oxygens (including phenoxy) is 1. The van der Waals surface area contributed by atoms with Crippen molar-refractivity contribution in [2.45, 2.75) is 19.8 Å². The summed E-state index contributed by atoms with van der Waals surface area (Å²) in [6, 6.07) is 2.55. The fourth-order valence-electron chi connectivity index (χ4n) is 1.32. The summed E-state index contributed by atoms with van der Waals surface area (Å²) in [4.78, 5) is 10.5. The van der Waals surface area contributed by atoms with E-state index in [9.17, 15) is 13.6 Å². The average molecular weight is 230 g/mol. The molecule has 0 radical (unpaired) electrons. The van der Waals surface area contributed by atoms with Crippen molar-refractivity contribution in [1.29, 1.82) is 0 Å². The molecule has 3 nitrogen and oxygen atoms in total. The highest BCUT2D eigenvalue weighted by Gasteiger charge is 2.43. The fourth-order valence-corrected chi connectivity index (χ4v) is 1.32. The summed E-state index contributed by atoms with van der Waals surface area (Å²) in [7, 11) is 1.23. The number of halogens is 2. The van der Waals surface area contributed by atoms with Crippen molar-refractivity contribution >= 4 is 5.97 Å². The van der Waals surface area contributed by atoms with Gasteiger partial charge in [0, 0.05) is 0 Å². The van der Waals surface area contributed by atoms with Crippen molar-refractivity contribution in [3.63, 3.8) is 0 Å². The lowest BCUT2D eigenvalue weighted by molar-refractivity contribution is -0.166. The van der Waals surface area contributed by atoms with Gasteiger partial charge < -0.3 is 9.84 Å². The van der Waals surface area contributed by atoms with Gasteiger partial charge in [-0.05, 0) is 37.1 Å². The van der Waals surface area contributed by atoms with Crippen molar-refractivity contribution in [2.75, 3.05) is 7.11 Å². The monoisotopic (exact) mass is 230 g/mol. The van der Waals surface area contributed by atoms with Gasteiger partial charge in [0.05, 0.1) is 12.7 Å². The van der Waals surface area contributed by atoms with Crippen molar-refractivity contribution < 1.29 is 23.4 Å². The maximum atomic E-state index is 13.4. The van der Waals surface area contributed by atoms with Gasteiger partial charge >= 0.3 is 11.9 Å². The molecular weight excluding hydrogens is 218 g/mol. The largest absolute Gasteiger partial charge is 0.496 e. The molecule has 0 aliphatic carbocycles. The first-order valence-electron chi connectivity index (χ1n) is 4.57. The van der Waals surface area contributed by atoms with Gasteiger partial charge in [-0.3, -0.25) is 0 Å². The standard InChI is InChI=1S/C11H12F2O3/c1-6-4-8(11(12,13)10(14)15)9(16-3)5-7(6)2/h4-5H,1-3H3,(H,14,15). The highest BCUT2D eigenvalue weighted by Crippen LogP contribution is 2.36. The molecule has 1 aromatic rings. The second-order valence-electron chi connectivity index (χ2n) is 3.52. The van der Waals surface area contributed by atoms with Crippen molar-refractivity contribution in [3.05, 3.63) is 28.8 Å². The number of alkyl halides is 2. The summed E-state index contributed by atoms with van der Waals surface area (Å²) in [6.07, 6.45) is 0. The Hall–Kier alpha value is -1.65. The summed E-state index contributed by atoms with van der Waals surface area (Å²) >= 11 is 0. The van der Waals surface area contributed by atoms with Crippen LogP contribution in [-0.2, 0) is 10.7 Å². The second kappa shape index (κ2) is 4.08. The molecule has 88 valence electrons. The zero-order chi connectivity index (χ0) is 12.5. The minimum Gasteiger partial charge on any atom is -0.496 e. The predicted octanol–water partition coefficient (Wildman–Crippen LogP) is 2.49. The third-order valence-electron chi connectivity index (χ3n) is 2.42. The van der Waals surface area contributed by atoms with Gasteiger partial charge in [0.1, 0.15) is 5.75 Å². The number of carbonyl (C=O) groups is 1. The Morgan fingerprint density at radius 3 is 2.25 bits per heavy atom. The molecule has 0 fully saturated rings. The van der Waals surface area contributed by atoms with E-state index in [4.69, 9.17) is 9.84 Å². The lowest BCUT2D eigenvalue weighted by atomic mass is 10.0. The number of methoxy groups -OCH3 is 1. The summed E-state index contributed by atoms with van der Waals surface area (Å²) in [5.41, 5.74) is 0.740. The minimum atomic E-state index is -3.94. The Bertz CT molecular complexity index is 427. The Morgan fingerprint density at radius 1 is 1.31 bits per heavy atom. The maximum Gasteiger partial charge on any atom is 0.379 e. The zero-order valence-electron chi connectivity index (χ0n) is 9.17. The molecule has 1 N–H and O–H groups in total. The van der Waals surface area contributed by atoms with Crippen LogP contribution < -0.4 is 4.74 Å². The van der Waals surface area contributed by atoms with Crippen LogP contribution in [0.1, 0.15) is 16.7 Å². The molecule has 0 saturated carbocycles. The predicted molar refractivity (Wildman–Crippen MR) is 54.0 cm³/mol. The molecule has 0 spiro atoms. The first-order chi connectivity index (χ1) is 7.30. The molecule has 0 aliphatic rings. The minimum absolute atomic E-state index is 0.115. The number of benzene rings is 1. The zero-order valence-corrected chi connectivity index (χ0v) is 9.17. The van der Waals surface area contributed by atoms with Crippen molar-refractivity contribution in [2.24, 2.45) is 0 Å². The van der Waals surface area contributed by atoms with E-state index in [1.807, 2.05) is 0 Å². The highest BCUT2D eigenvalue weighted by molar-refractivity contribution is 5.78. The molecule has 0 amide bonds. The van der Waals surface area contributed by atoms with Gasteiger partial charge in [-0.2, -0.15) is 8.78 Å². The van der Waals surface area contributed by atoms with E-state index in [2.05, 4.69) is 0 Å². The number of carboxylic acids is 1. The third kappa shape index (κ3) is 1.98. The number of aliphatic carboxylic acids is 1. The van der Waals surface area contributed by atoms with Crippen LogP contribution in [0.3, 0.4) is 0 Å². The van der Waals surface area contributed by atoms with Crippen LogP contribution in [0.15, 0.2) is 12.1 Å². The molecule has 1 aromatic carbocycles. The Kier molecular flexibility index (Phi) is 3.16. The van der Waals surface area contributed by atoms with E-state index in [-0.39, 0.29) is 5.75 Å². The Labute approximate surface area is 91.7 Å². The van der Waals surface area contributed by atoms with E-state index < -0.39 is 17.5 Å². The smallest absolute Gasteiger partial charge is 0.379 e. The highest BCUT2D eigenvalue weighted by atomic mass is 19.3. The Morgan fingerprint density at radius 2 is 1.81 bits per heavy atom. The second-order valence-corrected chi connectivity index (χ2v) is 3.52. The number of aryl methyl sites for hydroxylation is 2. The molecule has 1 rings (SSSR count). The van der Waals surface area contributed by atoms with E-state index in [0.29, 0.717) is 5.56 Å². The molecule has 16 heavy (non-hydrogen) atoms. The molecule has 0 saturated heterocycles. The molecule has 0 bridgehead atoms. The van der Waals surface area contributed by atoms with E-state index in [0.717, 1.165) is 11.6 Å². The first-order valence-corrected chi connectivity index (χ1v) is 4.57. The van der Waals surface area contributed by atoms with Gasteiger partial charge in [0.15, 0.2) is 0 Å². The number of hydrogen-bond donors (Lipinski definition) is 1. The lowest BCUT2D eigenvalue weighted by Crippen LogP contribution is -2.26. The van der Waals surface area contributed by atoms with E-state index >= 15 is 0 Å². The number of hydrogen-bond acceptors (Lipinski definition) is 2. The molecule has 0 atom stereocenters. The molecular formula is C11H12F2O3. The van der Waals surface area contributed by atoms with Crippen LogP contribution in [0.25, 0.3) is 0 Å². The van der Waals surface area contributed by atoms with Gasteiger partial charge in [-0.1, -0.05) is 0 Å². The lowest BCUT2D eigenvalue weighted by Gasteiger charge is -2.17. The Balaban J connectivity index is 3.43. The van der Waals surface area contributed by atoms with Crippen molar-refractivity contribution in [1.82, 2.24) is 0 Å². The van der Waals surface area contributed by atoms with Crippen LogP contribution in [0, 0.1) is 13.8 Å². The van der Waals surface area contributed by atoms with Gasteiger partial charge in [-0.25, -0.2) is 4.79 Å². The molecule has 0 aliphatic heterocycles. The van der Waals surface area contributed by atoms with Crippen LogP contribution in [0.5, 0.6) is 5.75 Å². The summed E-state index contributed by atoms with van der Waals surface area (Å²) < 4.78 is 31.5. The van der Waals surface area contributed by atoms with Crippen LogP contribution in [0.2, 0.25) is 0 Å². The number of rotatable bonds is 3. The maximum absolute atomic E-state index is 13.4. The number of carboxylic acid groups (broad SMARTS) is 1. The molecule has 0 aromatic heterocycles. The summed E-state index contributed by atoms with van der Waals surface area (Å²) in [6.45, 7) is 3.37. The van der Waals surface area contributed by atoms with Crippen LogP contribution in [0.4, 0.5) is 8.78 Å². The van der Waals surface area contributed by atoms with Gasteiger partial charge in [0.25, 0.3) is 0 Å². The molecule has 0 unspecified atom stereocenters. The first kappa shape index (κ1) is 12.4.